The molecule has 0 saturated heterocycles. The Bertz CT molecular complexity index is 915. The Morgan fingerprint density at radius 3 is 2.27 bits per heavy atom. The summed E-state index contributed by atoms with van der Waals surface area (Å²) in [5.41, 5.74) is 3.21. The largest absolute Gasteiger partial charge is 0.332 e. The molecule has 0 radical (unpaired) electrons. The van der Waals surface area contributed by atoms with Crippen molar-refractivity contribution >= 4 is 40.7 Å². The van der Waals surface area contributed by atoms with E-state index in [2.05, 4.69) is 25.9 Å². The lowest BCUT2D eigenvalue weighted by Crippen LogP contribution is -2.40. The molecule has 30 heavy (non-hydrogen) atoms. The van der Waals surface area contributed by atoms with Crippen molar-refractivity contribution in [3.8, 4) is 0 Å². The number of nitrogens with zero attached hydrogens (tertiary/aromatic N) is 3. The molecule has 7 nitrogen and oxygen atoms in total. The standard InChI is InChI=1S/C22H28N6OS/c1-14-13-15(2)24-20(23-14)27-21(25-18-7-5-4-6-8-18)28-22(30)26-19-11-9-17(10-12-19)16(3)29/h9-13,18H,4-8H2,1-3H3,(H3,23,24,25,26,27,28,30). The van der Waals surface area contributed by atoms with Gasteiger partial charge in [0, 0.05) is 22.6 Å². The van der Waals surface area contributed by atoms with Crippen LogP contribution in [0, 0.1) is 13.8 Å². The van der Waals surface area contributed by atoms with E-state index < -0.39 is 0 Å². The van der Waals surface area contributed by atoms with Crippen molar-refractivity contribution in [3.63, 3.8) is 0 Å². The van der Waals surface area contributed by atoms with Crippen LogP contribution in [0.15, 0.2) is 35.3 Å². The summed E-state index contributed by atoms with van der Waals surface area (Å²) < 4.78 is 0. The number of thiocarbonyl (C=S) groups is 1. The van der Waals surface area contributed by atoms with E-state index in [1.165, 1.54) is 19.3 Å². The van der Waals surface area contributed by atoms with E-state index in [0.717, 1.165) is 29.9 Å². The second kappa shape index (κ2) is 10.2. The van der Waals surface area contributed by atoms with Crippen molar-refractivity contribution in [3.05, 3.63) is 47.3 Å². The summed E-state index contributed by atoms with van der Waals surface area (Å²) in [6.45, 7) is 5.41. The lowest BCUT2D eigenvalue weighted by molar-refractivity contribution is 0.101. The highest BCUT2D eigenvalue weighted by atomic mass is 32.1. The number of rotatable bonds is 4. The monoisotopic (exact) mass is 424 g/mol. The van der Waals surface area contributed by atoms with Crippen molar-refractivity contribution < 1.29 is 4.79 Å². The number of benzene rings is 1. The third-order valence-corrected chi connectivity index (χ3v) is 5.08. The topological polar surface area (TPSA) is 91.3 Å². The third-order valence-electron chi connectivity index (χ3n) is 4.88. The van der Waals surface area contributed by atoms with Gasteiger partial charge in [0.05, 0.1) is 6.04 Å². The number of anilines is 2. The van der Waals surface area contributed by atoms with Crippen LogP contribution in [-0.4, -0.2) is 32.9 Å². The van der Waals surface area contributed by atoms with Crippen molar-refractivity contribution in [2.75, 3.05) is 10.6 Å². The molecule has 3 N–H and O–H groups in total. The average Bonchev–Trinajstić information content (AvgIpc) is 2.68. The van der Waals surface area contributed by atoms with Crippen LogP contribution >= 0.6 is 12.2 Å². The highest BCUT2D eigenvalue weighted by Gasteiger charge is 2.15. The molecule has 0 bridgehead atoms. The third kappa shape index (κ3) is 6.59. The molecule has 2 aromatic rings. The molecule has 0 atom stereocenters. The Hall–Kier alpha value is -2.87. The van der Waals surface area contributed by atoms with Gasteiger partial charge in [0.1, 0.15) is 0 Å². The van der Waals surface area contributed by atoms with Gasteiger partial charge in [-0.2, -0.15) is 0 Å². The zero-order valence-electron chi connectivity index (χ0n) is 17.7. The molecule has 8 heteroatoms. The van der Waals surface area contributed by atoms with Crippen LogP contribution in [0.1, 0.15) is 60.8 Å². The van der Waals surface area contributed by atoms with Crippen LogP contribution in [0.5, 0.6) is 0 Å². The molecule has 1 saturated carbocycles. The van der Waals surface area contributed by atoms with Crippen LogP contribution < -0.4 is 16.0 Å². The number of ketones is 1. The van der Waals surface area contributed by atoms with Crippen molar-refractivity contribution in [1.29, 1.82) is 0 Å². The average molecular weight is 425 g/mol. The Morgan fingerprint density at radius 2 is 1.67 bits per heavy atom. The summed E-state index contributed by atoms with van der Waals surface area (Å²) in [5.74, 6) is 1.05. The van der Waals surface area contributed by atoms with Gasteiger partial charge >= 0.3 is 0 Å². The fourth-order valence-corrected chi connectivity index (χ4v) is 3.65. The number of nitrogens with one attached hydrogen (secondary N) is 3. The van der Waals surface area contributed by atoms with Crippen molar-refractivity contribution in [2.24, 2.45) is 4.99 Å². The van der Waals surface area contributed by atoms with Crippen molar-refractivity contribution in [1.82, 2.24) is 15.3 Å². The normalized spacial score (nSPS) is 14.8. The lowest BCUT2D eigenvalue weighted by atomic mass is 9.96. The van der Waals surface area contributed by atoms with Crippen LogP contribution in [0.2, 0.25) is 0 Å². The molecule has 0 amide bonds. The molecule has 0 spiro atoms. The Kier molecular flexibility index (Phi) is 7.46. The number of aliphatic imine (C=N–C) groups is 1. The van der Waals surface area contributed by atoms with E-state index in [1.54, 1.807) is 19.1 Å². The number of Topliss-reactive ketones (excluding diaryl/α,β-unsaturated/α-hetero) is 1. The van der Waals surface area contributed by atoms with E-state index in [4.69, 9.17) is 17.2 Å². The van der Waals surface area contributed by atoms with Gasteiger partial charge in [-0.05, 0) is 76.2 Å². The van der Waals surface area contributed by atoms with E-state index in [0.29, 0.717) is 22.6 Å². The molecule has 3 rings (SSSR count). The fraction of sp³-hybridized carbons (Fsp3) is 0.409. The van der Waals surface area contributed by atoms with Gasteiger partial charge in [0.15, 0.2) is 10.9 Å². The summed E-state index contributed by atoms with van der Waals surface area (Å²) >= 11 is 5.48. The van der Waals surface area contributed by atoms with Crippen LogP contribution in [0.4, 0.5) is 11.6 Å². The van der Waals surface area contributed by atoms with Crippen LogP contribution in [0.25, 0.3) is 0 Å². The summed E-state index contributed by atoms with van der Waals surface area (Å²) in [5, 5.41) is 9.87. The number of guanidine groups is 1. The summed E-state index contributed by atoms with van der Waals surface area (Å²) in [7, 11) is 0. The zero-order chi connectivity index (χ0) is 21.5. The van der Waals surface area contributed by atoms with E-state index in [-0.39, 0.29) is 11.8 Å². The molecule has 0 aliphatic heterocycles. The second-order valence-electron chi connectivity index (χ2n) is 7.58. The maximum absolute atomic E-state index is 11.4. The highest BCUT2D eigenvalue weighted by molar-refractivity contribution is 7.80. The maximum atomic E-state index is 11.4. The van der Waals surface area contributed by atoms with Gasteiger partial charge in [-0.15, -0.1) is 0 Å². The molecular formula is C22H28N6OS. The summed E-state index contributed by atoms with van der Waals surface area (Å²) in [6.07, 6.45) is 5.76. The zero-order valence-corrected chi connectivity index (χ0v) is 18.5. The molecule has 158 valence electrons. The second-order valence-corrected chi connectivity index (χ2v) is 7.99. The molecular weight excluding hydrogens is 396 g/mol. The van der Waals surface area contributed by atoms with Gasteiger partial charge < -0.3 is 10.6 Å². The minimum Gasteiger partial charge on any atom is -0.332 e. The fourth-order valence-electron chi connectivity index (χ4n) is 3.43. The first-order valence-electron chi connectivity index (χ1n) is 10.2. The number of carbonyl (C=O) groups excluding carboxylic acids is 1. The van der Waals surface area contributed by atoms with Gasteiger partial charge in [-0.1, -0.05) is 19.3 Å². The quantitative estimate of drug-likeness (QED) is 0.290. The van der Waals surface area contributed by atoms with E-state index in [1.807, 2.05) is 32.0 Å². The molecule has 0 unspecified atom stereocenters. The van der Waals surface area contributed by atoms with Gasteiger partial charge in [-0.25, -0.2) is 15.0 Å². The summed E-state index contributed by atoms with van der Waals surface area (Å²) in [4.78, 5) is 25.2. The predicted molar refractivity (Wildman–Crippen MR) is 125 cm³/mol. The Morgan fingerprint density at radius 1 is 1.03 bits per heavy atom. The van der Waals surface area contributed by atoms with Gasteiger partial charge in [0.2, 0.25) is 11.9 Å². The SMILES string of the molecule is CC(=O)c1ccc(NC(=S)NC(=NC2CCCCC2)Nc2nc(C)cc(C)n2)cc1. The number of hydrogen-bond donors (Lipinski definition) is 3. The molecule has 1 fully saturated rings. The van der Waals surface area contributed by atoms with Gasteiger partial charge in [0.25, 0.3) is 0 Å². The minimum absolute atomic E-state index is 0.0294. The highest BCUT2D eigenvalue weighted by Crippen LogP contribution is 2.20. The van der Waals surface area contributed by atoms with E-state index in [9.17, 15) is 4.79 Å². The van der Waals surface area contributed by atoms with Crippen LogP contribution in [-0.2, 0) is 0 Å². The lowest BCUT2D eigenvalue weighted by Gasteiger charge is -2.20. The first kappa shape index (κ1) is 21.8. The molecule has 1 aromatic carbocycles. The first-order chi connectivity index (χ1) is 14.4. The summed E-state index contributed by atoms with van der Waals surface area (Å²) in [6, 6.07) is 9.36. The molecule has 1 heterocycles. The number of aromatic nitrogens is 2. The molecule has 1 aromatic heterocycles. The number of carbonyl (C=O) groups is 1. The molecule has 1 aliphatic rings. The predicted octanol–water partition coefficient (Wildman–Crippen LogP) is 4.38. The van der Waals surface area contributed by atoms with E-state index >= 15 is 0 Å². The first-order valence-corrected chi connectivity index (χ1v) is 10.7. The maximum Gasteiger partial charge on any atom is 0.229 e. The van der Waals surface area contributed by atoms with Crippen molar-refractivity contribution in [2.45, 2.75) is 58.9 Å². The molecule has 1 aliphatic carbocycles. The number of hydrogen-bond acceptors (Lipinski definition) is 5. The Labute approximate surface area is 182 Å². The number of aryl methyl sites for hydroxylation is 2. The smallest absolute Gasteiger partial charge is 0.229 e. The minimum atomic E-state index is 0.0294. The van der Waals surface area contributed by atoms with Gasteiger partial charge in [-0.3, -0.25) is 10.1 Å². The van der Waals surface area contributed by atoms with Crippen LogP contribution in [0.3, 0.4) is 0 Å². The Balaban J connectivity index is 1.72.